The van der Waals surface area contributed by atoms with Gasteiger partial charge in [0.15, 0.2) is 5.96 Å². The van der Waals surface area contributed by atoms with Crippen LogP contribution < -0.4 is 10.6 Å². The van der Waals surface area contributed by atoms with Gasteiger partial charge in [0, 0.05) is 26.2 Å². The maximum atomic E-state index is 5.99. The molecule has 1 rings (SSSR count). The molecule has 0 aliphatic heterocycles. The van der Waals surface area contributed by atoms with Crippen LogP contribution in [-0.4, -0.2) is 62.8 Å². The van der Waals surface area contributed by atoms with Crippen molar-refractivity contribution in [2.75, 3.05) is 39.8 Å². The van der Waals surface area contributed by atoms with E-state index in [1.807, 2.05) is 7.05 Å². The second kappa shape index (κ2) is 16.2. The number of guanidine groups is 1. The van der Waals surface area contributed by atoms with Gasteiger partial charge in [0.25, 0.3) is 0 Å². The Morgan fingerprint density at radius 2 is 1.81 bits per heavy atom. The minimum Gasteiger partial charge on any atom is -0.378 e. The SMILES string of the molecule is CCN(CC)CCCC(C)NC(=NC)NCCCCCOC1CCCCC1. The zero-order valence-electron chi connectivity index (χ0n) is 18.6. The first-order valence-corrected chi connectivity index (χ1v) is 11.5. The summed E-state index contributed by atoms with van der Waals surface area (Å²) in [6.45, 7) is 12.1. The Labute approximate surface area is 168 Å². The van der Waals surface area contributed by atoms with Crippen LogP contribution in [0.15, 0.2) is 4.99 Å². The van der Waals surface area contributed by atoms with Crippen molar-refractivity contribution in [1.82, 2.24) is 15.5 Å². The standard InChI is InChI=1S/C22H46N4O/c1-5-26(6-2)18-13-14-20(3)25-22(23-4)24-17-11-8-12-19-27-21-15-9-7-10-16-21/h20-21H,5-19H2,1-4H3,(H2,23,24,25). The highest BCUT2D eigenvalue weighted by Gasteiger charge is 2.13. The molecule has 1 unspecified atom stereocenters. The number of hydrogen-bond acceptors (Lipinski definition) is 3. The Bertz CT molecular complexity index is 365. The van der Waals surface area contributed by atoms with Crippen LogP contribution in [0.3, 0.4) is 0 Å². The Morgan fingerprint density at radius 1 is 1.07 bits per heavy atom. The summed E-state index contributed by atoms with van der Waals surface area (Å²) in [5, 5.41) is 6.97. The third-order valence-electron chi connectivity index (χ3n) is 5.63. The van der Waals surface area contributed by atoms with Gasteiger partial charge in [-0.25, -0.2) is 0 Å². The lowest BCUT2D eigenvalue weighted by atomic mass is 9.98. The van der Waals surface area contributed by atoms with Crippen molar-refractivity contribution in [3.05, 3.63) is 0 Å². The number of hydrogen-bond donors (Lipinski definition) is 2. The van der Waals surface area contributed by atoms with E-state index in [-0.39, 0.29) is 0 Å². The van der Waals surface area contributed by atoms with Gasteiger partial charge >= 0.3 is 0 Å². The molecule has 0 bridgehead atoms. The lowest BCUT2D eigenvalue weighted by Gasteiger charge is -2.22. The molecule has 1 atom stereocenters. The van der Waals surface area contributed by atoms with Gasteiger partial charge < -0.3 is 20.3 Å². The van der Waals surface area contributed by atoms with Crippen molar-refractivity contribution < 1.29 is 4.74 Å². The van der Waals surface area contributed by atoms with E-state index in [4.69, 9.17) is 4.74 Å². The van der Waals surface area contributed by atoms with Crippen molar-refractivity contribution >= 4 is 5.96 Å². The molecular formula is C22H46N4O. The van der Waals surface area contributed by atoms with Crippen LogP contribution in [0.25, 0.3) is 0 Å². The van der Waals surface area contributed by atoms with Gasteiger partial charge in [-0.05, 0) is 71.5 Å². The van der Waals surface area contributed by atoms with Gasteiger partial charge in [-0.15, -0.1) is 0 Å². The van der Waals surface area contributed by atoms with Crippen molar-refractivity contribution in [2.24, 2.45) is 4.99 Å². The highest BCUT2D eigenvalue weighted by atomic mass is 16.5. The van der Waals surface area contributed by atoms with Crippen molar-refractivity contribution in [2.45, 2.75) is 97.1 Å². The molecule has 1 saturated carbocycles. The van der Waals surface area contributed by atoms with E-state index in [0.29, 0.717) is 12.1 Å². The molecule has 0 saturated heterocycles. The lowest BCUT2D eigenvalue weighted by molar-refractivity contribution is 0.0264. The van der Waals surface area contributed by atoms with E-state index < -0.39 is 0 Å². The number of ether oxygens (including phenoxy) is 1. The normalized spacial score (nSPS) is 17.3. The van der Waals surface area contributed by atoms with Gasteiger partial charge in [-0.3, -0.25) is 4.99 Å². The fourth-order valence-electron chi connectivity index (χ4n) is 3.75. The summed E-state index contributed by atoms with van der Waals surface area (Å²) in [5.41, 5.74) is 0. The summed E-state index contributed by atoms with van der Waals surface area (Å²) in [4.78, 5) is 6.84. The first kappa shape index (κ1) is 24.2. The molecule has 0 amide bonds. The smallest absolute Gasteiger partial charge is 0.191 e. The van der Waals surface area contributed by atoms with Gasteiger partial charge in [0.05, 0.1) is 6.10 Å². The highest BCUT2D eigenvalue weighted by molar-refractivity contribution is 5.79. The van der Waals surface area contributed by atoms with E-state index in [0.717, 1.165) is 32.2 Å². The fraction of sp³-hybridized carbons (Fsp3) is 0.955. The largest absolute Gasteiger partial charge is 0.378 e. The molecule has 5 heteroatoms. The molecule has 1 aliphatic rings. The Kier molecular flexibility index (Phi) is 14.5. The van der Waals surface area contributed by atoms with Gasteiger partial charge in [-0.2, -0.15) is 0 Å². The number of nitrogens with zero attached hydrogens (tertiary/aromatic N) is 2. The third kappa shape index (κ3) is 12.3. The van der Waals surface area contributed by atoms with Crippen LogP contribution in [0.5, 0.6) is 0 Å². The summed E-state index contributed by atoms with van der Waals surface area (Å²) in [7, 11) is 1.86. The zero-order chi connectivity index (χ0) is 19.7. The molecule has 0 heterocycles. The summed E-state index contributed by atoms with van der Waals surface area (Å²) >= 11 is 0. The Morgan fingerprint density at radius 3 is 2.48 bits per heavy atom. The number of aliphatic imine (C=N–C) groups is 1. The van der Waals surface area contributed by atoms with Crippen LogP contribution in [0.2, 0.25) is 0 Å². The molecule has 27 heavy (non-hydrogen) atoms. The fourth-order valence-corrected chi connectivity index (χ4v) is 3.75. The molecule has 0 aromatic rings. The van der Waals surface area contributed by atoms with E-state index in [1.165, 1.54) is 70.8 Å². The number of nitrogens with one attached hydrogen (secondary N) is 2. The average molecular weight is 383 g/mol. The van der Waals surface area contributed by atoms with Crippen LogP contribution in [-0.2, 0) is 4.74 Å². The summed E-state index contributed by atoms with van der Waals surface area (Å²) < 4.78 is 5.99. The predicted octanol–water partition coefficient (Wildman–Crippen LogP) is 4.18. The van der Waals surface area contributed by atoms with Crippen LogP contribution in [0, 0.1) is 0 Å². The van der Waals surface area contributed by atoms with Gasteiger partial charge in [0.2, 0.25) is 0 Å². The quantitative estimate of drug-likeness (QED) is 0.269. The first-order valence-electron chi connectivity index (χ1n) is 11.5. The molecule has 0 aromatic carbocycles. The highest BCUT2D eigenvalue weighted by Crippen LogP contribution is 2.20. The average Bonchev–Trinajstić information content (AvgIpc) is 2.70. The summed E-state index contributed by atoms with van der Waals surface area (Å²) in [6, 6.07) is 0.454. The zero-order valence-corrected chi connectivity index (χ0v) is 18.6. The van der Waals surface area contributed by atoms with Crippen LogP contribution >= 0.6 is 0 Å². The predicted molar refractivity (Wildman–Crippen MR) is 118 cm³/mol. The molecule has 160 valence electrons. The maximum Gasteiger partial charge on any atom is 0.191 e. The van der Waals surface area contributed by atoms with E-state index in [1.54, 1.807) is 0 Å². The van der Waals surface area contributed by atoms with E-state index >= 15 is 0 Å². The topological polar surface area (TPSA) is 48.9 Å². The maximum absolute atomic E-state index is 5.99. The first-order chi connectivity index (χ1) is 13.2. The molecule has 0 spiro atoms. The molecule has 0 radical (unpaired) electrons. The van der Waals surface area contributed by atoms with Crippen molar-refractivity contribution in [1.29, 1.82) is 0 Å². The second-order valence-corrected chi connectivity index (χ2v) is 7.90. The number of rotatable bonds is 14. The molecule has 5 nitrogen and oxygen atoms in total. The van der Waals surface area contributed by atoms with E-state index in [9.17, 15) is 0 Å². The van der Waals surface area contributed by atoms with Gasteiger partial charge in [-0.1, -0.05) is 33.1 Å². The van der Waals surface area contributed by atoms with E-state index in [2.05, 4.69) is 41.3 Å². The number of unbranched alkanes of at least 4 members (excludes halogenated alkanes) is 2. The molecular weight excluding hydrogens is 336 g/mol. The molecule has 1 fully saturated rings. The van der Waals surface area contributed by atoms with Crippen LogP contribution in [0.1, 0.15) is 85.0 Å². The summed E-state index contributed by atoms with van der Waals surface area (Å²) in [6.07, 6.45) is 13.2. The Balaban J connectivity index is 2.00. The van der Waals surface area contributed by atoms with Crippen LogP contribution in [0.4, 0.5) is 0 Å². The lowest BCUT2D eigenvalue weighted by Crippen LogP contribution is -2.42. The minimum absolute atomic E-state index is 0.454. The monoisotopic (exact) mass is 382 g/mol. The summed E-state index contributed by atoms with van der Waals surface area (Å²) in [5.74, 6) is 0.934. The van der Waals surface area contributed by atoms with Crippen molar-refractivity contribution in [3.8, 4) is 0 Å². The second-order valence-electron chi connectivity index (χ2n) is 7.90. The van der Waals surface area contributed by atoms with Crippen molar-refractivity contribution in [3.63, 3.8) is 0 Å². The van der Waals surface area contributed by atoms with Gasteiger partial charge in [0.1, 0.15) is 0 Å². The Hall–Kier alpha value is -0.810. The molecule has 1 aliphatic carbocycles. The minimum atomic E-state index is 0.454. The molecule has 0 aromatic heterocycles. The molecule has 2 N–H and O–H groups in total. The third-order valence-corrected chi connectivity index (χ3v) is 5.63.